The van der Waals surface area contributed by atoms with Crippen LogP contribution in [0.5, 0.6) is 0 Å². The fourth-order valence-corrected chi connectivity index (χ4v) is 3.78. The number of rotatable bonds is 6. The normalized spacial score (nSPS) is 15.8. The molecule has 2 aromatic heterocycles. The number of hydrogen-bond acceptors (Lipinski definition) is 5. The van der Waals surface area contributed by atoms with Crippen molar-refractivity contribution in [3.05, 3.63) is 69.2 Å². The molecule has 9 heteroatoms. The van der Waals surface area contributed by atoms with Crippen LogP contribution in [0.2, 0.25) is 0 Å². The highest BCUT2D eigenvalue weighted by molar-refractivity contribution is 5.76. The van der Waals surface area contributed by atoms with Crippen LogP contribution in [-0.2, 0) is 36.2 Å². The Morgan fingerprint density at radius 2 is 2.00 bits per heavy atom. The number of hydrogen-bond donors (Lipinski definition) is 1. The fraction of sp³-hybridized carbons (Fsp3) is 0.429. The smallest absolute Gasteiger partial charge is 0.346 e. The van der Waals surface area contributed by atoms with Crippen LogP contribution >= 0.6 is 0 Å². The zero-order chi connectivity index (χ0) is 21.3. The number of fused-ring (bicyclic) bond motifs is 1. The summed E-state index contributed by atoms with van der Waals surface area (Å²) >= 11 is 0. The number of amides is 1. The van der Waals surface area contributed by atoms with E-state index in [1.807, 2.05) is 51.2 Å². The number of carbonyl (C=O) groups excluding carboxylic acids is 1. The molecule has 0 spiro atoms. The second-order valence-corrected chi connectivity index (χ2v) is 7.55. The Balaban J connectivity index is 1.46. The highest BCUT2D eigenvalue weighted by Crippen LogP contribution is 2.22. The van der Waals surface area contributed by atoms with Crippen molar-refractivity contribution in [2.45, 2.75) is 46.0 Å². The van der Waals surface area contributed by atoms with Crippen molar-refractivity contribution in [1.29, 1.82) is 0 Å². The zero-order valence-corrected chi connectivity index (χ0v) is 17.5. The van der Waals surface area contributed by atoms with Gasteiger partial charge in [0, 0.05) is 24.8 Å². The van der Waals surface area contributed by atoms with Crippen LogP contribution in [0.15, 0.2) is 35.1 Å². The van der Waals surface area contributed by atoms with E-state index in [4.69, 9.17) is 4.74 Å². The number of aryl methyl sites for hydroxylation is 2. The minimum atomic E-state index is -0.542. The lowest BCUT2D eigenvalue weighted by molar-refractivity contribution is -0.125. The van der Waals surface area contributed by atoms with Gasteiger partial charge in [-0.25, -0.2) is 9.48 Å². The molecule has 9 nitrogen and oxygen atoms in total. The van der Waals surface area contributed by atoms with Crippen molar-refractivity contribution in [1.82, 2.24) is 29.4 Å². The summed E-state index contributed by atoms with van der Waals surface area (Å²) < 4.78 is 10.6. The summed E-state index contributed by atoms with van der Waals surface area (Å²) in [6.07, 6.45) is -0.431. The van der Waals surface area contributed by atoms with Crippen molar-refractivity contribution < 1.29 is 9.53 Å². The molecule has 1 amide bonds. The van der Waals surface area contributed by atoms with Gasteiger partial charge >= 0.3 is 5.69 Å². The maximum absolute atomic E-state index is 12.7. The molecular weight excluding hydrogens is 384 g/mol. The monoisotopic (exact) mass is 410 g/mol. The molecule has 1 unspecified atom stereocenters. The molecule has 1 aromatic carbocycles. The second-order valence-electron chi connectivity index (χ2n) is 7.55. The van der Waals surface area contributed by atoms with Crippen molar-refractivity contribution in [3.8, 4) is 0 Å². The molecule has 3 aromatic rings. The summed E-state index contributed by atoms with van der Waals surface area (Å²) in [7, 11) is 1.88. The van der Waals surface area contributed by atoms with E-state index in [9.17, 15) is 9.59 Å². The molecule has 4 rings (SSSR count). The van der Waals surface area contributed by atoms with Gasteiger partial charge in [-0.3, -0.25) is 14.0 Å². The Hall–Kier alpha value is -3.20. The Morgan fingerprint density at radius 3 is 2.70 bits per heavy atom. The van der Waals surface area contributed by atoms with Gasteiger partial charge in [0.1, 0.15) is 6.10 Å². The standard InChI is InChI=1S/C21H26N6O3/c1-14-17(15(2)25(3)23-14)12-22-19(28)11-18-20-24-27(13-16-7-5-4-6-8-16)21(29)26(20)9-10-30-18/h4-8,18H,9-13H2,1-3H3,(H,22,28). The molecule has 3 heterocycles. The lowest BCUT2D eigenvalue weighted by Crippen LogP contribution is -2.33. The van der Waals surface area contributed by atoms with Crippen LogP contribution in [0.4, 0.5) is 0 Å². The minimum absolute atomic E-state index is 0.111. The summed E-state index contributed by atoms with van der Waals surface area (Å²) in [5.41, 5.74) is 3.75. The molecule has 0 fully saturated rings. The average molecular weight is 410 g/mol. The molecule has 1 aliphatic rings. The lowest BCUT2D eigenvalue weighted by atomic mass is 10.1. The third-order valence-electron chi connectivity index (χ3n) is 5.54. The minimum Gasteiger partial charge on any atom is -0.368 e. The van der Waals surface area contributed by atoms with Gasteiger partial charge in [0.25, 0.3) is 0 Å². The summed E-state index contributed by atoms with van der Waals surface area (Å²) in [4.78, 5) is 25.3. The number of carbonyl (C=O) groups is 1. The maximum Gasteiger partial charge on any atom is 0.346 e. The molecule has 1 aliphatic heterocycles. The van der Waals surface area contributed by atoms with Crippen molar-refractivity contribution in [2.75, 3.05) is 6.61 Å². The fourth-order valence-electron chi connectivity index (χ4n) is 3.78. The first-order valence-corrected chi connectivity index (χ1v) is 10.0. The van der Waals surface area contributed by atoms with Gasteiger partial charge in [-0.2, -0.15) is 10.2 Å². The van der Waals surface area contributed by atoms with E-state index < -0.39 is 6.10 Å². The molecule has 0 saturated carbocycles. The molecule has 0 radical (unpaired) electrons. The van der Waals surface area contributed by atoms with Crippen molar-refractivity contribution >= 4 is 5.91 Å². The van der Waals surface area contributed by atoms with Crippen molar-refractivity contribution in [3.63, 3.8) is 0 Å². The first-order chi connectivity index (χ1) is 14.4. The predicted octanol–water partition coefficient (Wildman–Crippen LogP) is 1.22. The van der Waals surface area contributed by atoms with Gasteiger partial charge in [-0.05, 0) is 19.4 Å². The molecule has 158 valence electrons. The third kappa shape index (κ3) is 3.93. The summed E-state index contributed by atoms with van der Waals surface area (Å²) in [5.74, 6) is 0.354. The van der Waals surface area contributed by atoms with Crippen LogP contribution in [-0.4, -0.2) is 36.6 Å². The molecule has 1 N–H and O–H groups in total. The largest absolute Gasteiger partial charge is 0.368 e. The summed E-state index contributed by atoms with van der Waals surface area (Å²) in [5, 5.41) is 11.8. The molecule has 0 bridgehead atoms. The molecular formula is C21H26N6O3. The van der Waals surface area contributed by atoms with Crippen LogP contribution in [0.1, 0.15) is 40.9 Å². The van der Waals surface area contributed by atoms with Crippen LogP contribution < -0.4 is 11.0 Å². The SMILES string of the molecule is Cc1nn(C)c(C)c1CNC(=O)CC1OCCn2c1nn(Cc1ccccc1)c2=O. The Kier molecular flexibility index (Phi) is 5.54. The Labute approximate surface area is 174 Å². The molecule has 30 heavy (non-hydrogen) atoms. The quantitative estimate of drug-likeness (QED) is 0.659. The van der Waals surface area contributed by atoms with Crippen molar-refractivity contribution in [2.24, 2.45) is 7.05 Å². The van der Waals surface area contributed by atoms with Gasteiger partial charge < -0.3 is 10.1 Å². The van der Waals surface area contributed by atoms with Crippen LogP contribution in [0.3, 0.4) is 0 Å². The maximum atomic E-state index is 12.7. The lowest BCUT2D eigenvalue weighted by Gasteiger charge is -2.22. The van der Waals surface area contributed by atoms with Gasteiger partial charge in [0.05, 0.1) is 31.8 Å². The van der Waals surface area contributed by atoms with Crippen LogP contribution in [0.25, 0.3) is 0 Å². The van der Waals surface area contributed by atoms with E-state index in [2.05, 4.69) is 15.5 Å². The van der Waals surface area contributed by atoms with E-state index in [1.54, 1.807) is 9.25 Å². The van der Waals surface area contributed by atoms with Gasteiger partial charge in [0.15, 0.2) is 5.82 Å². The van der Waals surface area contributed by atoms with Gasteiger partial charge in [-0.15, -0.1) is 0 Å². The Morgan fingerprint density at radius 1 is 1.23 bits per heavy atom. The summed E-state index contributed by atoms with van der Waals surface area (Å²) in [6, 6.07) is 9.70. The number of nitrogens with zero attached hydrogens (tertiary/aromatic N) is 5. The average Bonchev–Trinajstić information content (AvgIpc) is 3.17. The van der Waals surface area contributed by atoms with E-state index in [0.29, 0.717) is 32.1 Å². The zero-order valence-electron chi connectivity index (χ0n) is 17.5. The number of nitrogens with one attached hydrogen (secondary N) is 1. The van der Waals surface area contributed by atoms with Gasteiger partial charge in [0.2, 0.25) is 5.91 Å². The first-order valence-electron chi connectivity index (χ1n) is 10.0. The topological polar surface area (TPSA) is 96.0 Å². The number of ether oxygens (including phenoxy) is 1. The van der Waals surface area contributed by atoms with E-state index in [1.165, 1.54) is 4.68 Å². The summed E-state index contributed by atoms with van der Waals surface area (Å²) in [6.45, 7) is 5.52. The first kappa shape index (κ1) is 20.1. The van der Waals surface area contributed by atoms with Crippen LogP contribution in [0, 0.1) is 13.8 Å². The molecule has 0 saturated heterocycles. The second kappa shape index (κ2) is 8.27. The predicted molar refractivity (Wildman–Crippen MR) is 110 cm³/mol. The number of benzene rings is 1. The van der Waals surface area contributed by atoms with Gasteiger partial charge in [-0.1, -0.05) is 30.3 Å². The Bertz CT molecular complexity index is 1110. The van der Waals surface area contributed by atoms with E-state index in [-0.39, 0.29) is 18.0 Å². The molecule has 1 atom stereocenters. The van der Waals surface area contributed by atoms with E-state index in [0.717, 1.165) is 22.5 Å². The third-order valence-corrected chi connectivity index (χ3v) is 5.54. The van der Waals surface area contributed by atoms with E-state index >= 15 is 0 Å². The highest BCUT2D eigenvalue weighted by atomic mass is 16.5. The molecule has 0 aliphatic carbocycles. The highest BCUT2D eigenvalue weighted by Gasteiger charge is 2.29. The number of aromatic nitrogens is 5.